The fourth-order valence-corrected chi connectivity index (χ4v) is 4.55. The maximum absolute atomic E-state index is 13.7. The predicted octanol–water partition coefficient (Wildman–Crippen LogP) is 2.37. The SMILES string of the molecule is CC1(C(=O)NCCCO)COC(c2nc(-c3ccc(F)cc3)c(-c3ccnc(NCCCN4CC=NC4)n3)[nH]2)OC1. The van der Waals surface area contributed by atoms with Gasteiger partial charge in [0.15, 0.2) is 5.82 Å². The number of carbonyl (C=O) groups excluding carboxylic acids is 1. The lowest BCUT2D eigenvalue weighted by Gasteiger charge is -2.35. The first kappa shape index (κ1) is 28.7. The van der Waals surface area contributed by atoms with Crippen LogP contribution in [0.1, 0.15) is 31.9 Å². The predicted molar refractivity (Wildman–Crippen MR) is 151 cm³/mol. The highest BCUT2D eigenvalue weighted by atomic mass is 19.1. The Labute approximate surface area is 237 Å². The molecular formula is C28H35FN8O4. The standard InChI is InChI=1S/C28H35FN8O4/c1-28(26(39)31-10-3-15-38)16-40-25(41-17-28)24-35-22(19-4-6-20(29)7-5-19)23(36-24)21-8-11-33-27(34-21)32-9-2-13-37-14-12-30-18-37/h4-8,11-12,25,38H,2-3,9-10,13-18H2,1H3,(H,31,39)(H,35,36)(H,32,33,34). The Bertz CT molecular complexity index is 1330. The third-order valence-electron chi connectivity index (χ3n) is 6.93. The molecule has 2 aliphatic rings. The number of amides is 1. The molecule has 1 fully saturated rings. The summed E-state index contributed by atoms with van der Waals surface area (Å²) in [6.45, 7) is 5.64. The first-order valence-electron chi connectivity index (χ1n) is 13.7. The Balaban J connectivity index is 1.32. The number of anilines is 1. The minimum absolute atomic E-state index is 0.00173. The van der Waals surface area contributed by atoms with Crippen molar-refractivity contribution in [2.45, 2.75) is 26.1 Å². The van der Waals surface area contributed by atoms with Crippen LogP contribution in [-0.2, 0) is 14.3 Å². The summed E-state index contributed by atoms with van der Waals surface area (Å²) in [6, 6.07) is 7.82. The topological polar surface area (TPSA) is 150 Å². The Morgan fingerprint density at radius 1 is 1.17 bits per heavy atom. The number of H-pyrrole nitrogens is 1. The number of aliphatic hydroxyl groups is 1. The van der Waals surface area contributed by atoms with Crippen molar-refractivity contribution < 1.29 is 23.8 Å². The molecule has 0 spiro atoms. The minimum atomic E-state index is -0.879. The van der Waals surface area contributed by atoms with Gasteiger partial charge in [-0.2, -0.15) is 0 Å². The third kappa shape index (κ3) is 7.11. The van der Waals surface area contributed by atoms with Gasteiger partial charge >= 0.3 is 0 Å². The fourth-order valence-electron chi connectivity index (χ4n) is 4.55. The van der Waals surface area contributed by atoms with Crippen LogP contribution in [0.2, 0.25) is 0 Å². The minimum Gasteiger partial charge on any atom is -0.396 e. The second-order valence-electron chi connectivity index (χ2n) is 10.3. The monoisotopic (exact) mass is 566 g/mol. The van der Waals surface area contributed by atoms with Crippen molar-refractivity contribution in [1.82, 2.24) is 30.2 Å². The van der Waals surface area contributed by atoms with Crippen LogP contribution in [0.15, 0.2) is 41.5 Å². The van der Waals surface area contributed by atoms with Gasteiger partial charge in [0.2, 0.25) is 18.1 Å². The normalized spacial score (nSPS) is 20.8. The van der Waals surface area contributed by atoms with Crippen molar-refractivity contribution in [2.75, 3.05) is 58.0 Å². The molecular weight excluding hydrogens is 531 g/mol. The summed E-state index contributed by atoms with van der Waals surface area (Å²) in [7, 11) is 0. The molecule has 12 nitrogen and oxygen atoms in total. The van der Waals surface area contributed by atoms with Crippen molar-refractivity contribution in [1.29, 1.82) is 0 Å². The number of rotatable bonds is 12. The van der Waals surface area contributed by atoms with Gasteiger partial charge in [-0.1, -0.05) is 0 Å². The van der Waals surface area contributed by atoms with Crippen LogP contribution in [0.25, 0.3) is 22.6 Å². The third-order valence-corrected chi connectivity index (χ3v) is 6.93. The molecule has 2 aromatic heterocycles. The number of imidazole rings is 1. The lowest BCUT2D eigenvalue weighted by atomic mass is 9.91. The van der Waals surface area contributed by atoms with Gasteiger partial charge in [-0.3, -0.25) is 14.7 Å². The molecule has 218 valence electrons. The van der Waals surface area contributed by atoms with Crippen LogP contribution in [0.3, 0.4) is 0 Å². The molecule has 0 saturated carbocycles. The molecule has 4 heterocycles. The first-order chi connectivity index (χ1) is 19.9. The van der Waals surface area contributed by atoms with Crippen molar-refractivity contribution in [3.63, 3.8) is 0 Å². The summed E-state index contributed by atoms with van der Waals surface area (Å²) in [4.78, 5) is 36.2. The summed E-state index contributed by atoms with van der Waals surface area (Å²) in [5.41, 5.74) is 1.57. The van der Waals surface area contributed by atoms with E-state index in [0.717, 1.165) is 26.2 Å². The summed E-state index contributed by atoms with van der Waals surface area (Å²) in [5.74, 6) is 0.333. The molecule has 41 heavy (non-hydrogen) atoms. The van der Waals surface area contributed by atoms with E-state index in [-0.39, 0.29) is 31.5 Å². The number of carbonyl (C=O) groups is 1. The molecule has 1 aromatic carbocycles. The van der Waals surface area contributed by atoms with Gasteiger partial charge in [0.05, 0.1) is 42.4 Å². The number of benzene rings is 1. The second kappa shape index (κ2) is 13.3. The van der Waals surface area contributed by atoms with Gasteiger partial charge in [0.25, 0.3) is 0 Å². The molecule has 13 heteroatoms. The summed E-state index contributed by atoms with van der Waals surface area (Å²) in [5, 5.41) is 15.1. The number of aromatic nitrogens is 4. The molecule has 5 rings (SSSR count). The molecule has 0 atom stereocenters. The smallest absolute Gasteiger partial charge is 0.230 e. The zero-order valence-corrected chi connectivity index (χ0v) is 23.0. The van der Waals surface area contributed by atoms with Gasteiger partial charge in [0, 0.05) is 50.8 Å². The Hall–Kier alpha value is -3.78. The molecule has 4 N–H and O–H groups in total. The van der Waals surface area contributed by atoms with Gasteiger partial charge < -0.3 is 30.2 Å². The molecule has 1 saturated heterocycles. The lowest BCUT2D eigenvalue weighted by molar-refractivity contribution is -0.231. The van der Waals surface area contributed by atoms with E-state index in [9.17, 15) is 9.18 Å². The van der Waals surface area contributed by atoms with Crippen LogP contribution in [-0.4, -0.2) is 94.7 Å². The lowest BCUT2D eigenvalue weighted by Crippen LogP contribution is -2.48. The van der Waals surface area contributed by atoms with E-state index >= 15 is 0 Å². The molecule has 0 aliphatic carbocycles. The van der Waals surface area contributed by atoms with E-state index in [1.54, 1.807) is 31.3 Å². The van der Waals surface area contributed by atoms with E-state index in [4.69, 9.17) is 24.5 Å². The first-order valence-corrected chi connectivity index (χ1v) is 13.7. The van der Waals surface area contributed by atoms with E-state index in [1.165, 1.54) is 12.1 Å². The van der Waals surface area contributed by atoms with Crippen molar-refractivity contribution in [2.24, 2.45) is 10.4 Å². The van der Waals surface area contributed by atoms with Crippen LogP contribution in [0.4, 0.5) is 10.3 Å². The highest BCUT2D eigenvalue weighted by molar-refractivity contribution is 5.82. The molecule has 0 radical (unpaired) electrons. The van der Waals surface area contributed by atoms with Crippen molar-refractivity contribution in [3.05, 3.63) is 48.2 Å². The molecule has 2 aliphatic heterocycles. The molecule has 1 amide bonds. The summed E-state index contributed by atoms with van der Waals surface area (Å²) >= 11 is 0. The van der Waals surface area contributed by atoms with Crippen molar-refractivity contribution >= 4 is 18.1 Å². The number of nitrogens with zero attached hydrogens (tertiary/aromatic N) is 5. The number of aliphatic imine (C=N–C) groups is 1. The maximum atomic E-state index is 13.7. The second-order valence-corrected chi connectivity index (χ2v) is 10.3. The van der Waals surface area contributed by atoms with Gasteiger partial charge in [0.1, 0.15) is 5.82 Å². The van der Waals surface area contributed by atoms with Crippen LogP contribution in [0, 0.1) is 11.2 Å². The Kier molecular flexibility index (Phi) is 9.29. The highest BCUT2D eigenvalue weighted by Crippen LogP contribution is 2.35. The van der Waals surface area contributed by atoms with E-state index in [0.29, 0.717) is 53.9 Å². The fraction of sp³-hybridized carbons (Fsp3) is 0.464. The maximum Gasteiger partial charge on any atom is 0.230 e. The number of halogens is 1. The van der Waals surface area contributed by atoms with Gasteiger partial charge in [-0.15, -0.1) is 0 Å². The summed E-state index contributed by atoms with van der Waals surface area (Å²) < 4.78 is 25.6. The quantitative estimate of drug-likeness (QED) is 0.242. The number of hydrogen-bond acceptors (Lipinski definition) is 10. The van der Waals surface area contributed by atoms with Crippen molar-refractivity contribution in [3.8, 4) is 22.6 Å². The van der Waals surface area contributed by atoms with Crippen LogP contribution >= 0.6 is 0 Å². The van der Waals surface area contributed by atoms with Gasteiger partial charge in [-0.05, 0) is 50.1 Å². The average molecular weight is 567 g/mol. The Morgan fingerprint density at radius 3 is 2.71 bits per heavy atom. The number of nitrogens with one attached hydrogen (secondary N) is 3. The summed E-state index contributed by atoms with van der Waals surface area (Å²) in [6.07, 6.45) is 4.15. The van der Waals surface area contributed by atoms with E-state index < -0.39 is 11.7 Å². The zero-order chi connectivity index (χ0) is 28.7. The number of aliphatic hydroxyl groups excluding tert-OH is 1. The number of hydrogen-bond donors (Lipinski definition) is 4. The van der Waals surface area contributed by atoms with Crippen LogP contribution in [0.5, 0.6) is 0 Å². The number of aromatic amines is 1. The average Bonchev–Trinajstić information content (AvgIpc) is 3.67. The zero-order valence-electron chi connectivity index (χ0n) is 23.0. The largest absolute Gasteiger partial charge is 0.396 e. The van der Waals surface area contributed by atoms with Gasteiger partial charge in [-0.25, -0.2) is 19.3 Å². The Morgan fingerprint density at radius 2 is 1.98 bits per heavy atom. The molecule has 0 unspecified atom stereocenters. The van der Waals surface area contributed by atoms with Crippen LogP contribution < -0.4 is 10.6 Å². The van der Waals surface area contributed by atoms with E-state index in [1.807, 2.05) is 6.21 Å². The number of ether oxygens (including phenoxy) is 2. The molecule has 3 aromatic rings. The molecule has 0 bridgehead atoms. The highest BCUT2D eigenvalue weighted by Gasteiger charge is 2.40. The van der Waals surface area contributed by atoms with E-state index in [2.05, 4.69) is 30.5 Å².